The van der Waals surface area contributed by atoms with Crippen LogP contribution in [0.4, 0.5) is 0 Å². The van der Waals surface area contributed by atoms with Crippen molar-refractivity contribution in [3.63, 3.8) is 0 Å². The molecule has 0 unspecified atom stereocenters. The Hall–Kier alpha value is -2.03. The number of rotatable bonds is 12. The van der Waals surface area contributed by atoms with Crippen LogP contribution in [0.5, 0.6) is 5.75 Å². The lowest BCUT2D eigenvalue weighted by molar-refractivity contribution is -0.145. The summed E-state index contributed by atoms with van der Waals surface area (Å²) in [6, 6.07) is 15.3. The number of ether oxygens (including phenoxy) is 2. The summed E-state index contributed by atoms with van der Waals surface area (Å²) in [6.07, 6.45) is 0.367. The van der Waals surface area contributed by atoms with Gasteiger partial charge < -0.3 is 9.47 Å². The SMILES string of the molecule is COC(=O)[C@@H](CCSCc1ccccc1)N(CC(C)C)S(=O)(=O)c1ccc(OC)cc1. The zero-order valence-electron chi connectivity index (χ0n) is 18.5. The van der Waals surface area contributed by atoms with Gasteiger partial charge in [-0.05, 0) is 47.9 Å². The Labute approximate surface area is 190 Å². The Morgan fingerprint density at radius 2 is 1.68 bits per heavy atom. The van der Waals surface area contributed by atoms with Gasteiger partial charge in [0.1, 0.15) is 11.8 Å². The highest BCUT2D eigenvalue weighted by Gasteiger charge is 2.36. The predicted molar refractivity (Wildman–Crippen MR) is 125 cm³/mol. The van der Waals surface area contributed by atoms with E-state index in [-0.39, 0.29) is 17.4 Å². The van der Waals surface area contributed by atoms with Crippen molar-refractivity contribution in [1.29, 1.82) is 0 Å². The van der Waals surface area contributed by atoms with Gasteiger partial charge in [-0.25, -0.2) is 8.42 Å². The van der Waals surface area contributed by atoms with E-state index in [1.807, 2.05) is 44.2 Å². The van der Waals surface area contributed by atoms with Crippen LogP contribution >= 0.6 is 11.8 Å². The van der Waals surface area contributed by atoms with E-state index in [1.54, 1.807) is 23.9 Å². The fraction of sp³-hybridized carbons (Fsp3) is 0.435. The van der Waals surface area contributed by atoms with Gasteiger partial charge in [-0.15, -0.1) is 0 Å². The van der Waals surface area contributed by atoms with E-state index in [4.69, 9.17) is 9.47 Å². The first-order valence-corrected chi connectivity index (χ1v) is 12.7. The van der Waals surface area contributed by atoms with Gasteiger partial charge in [0.05, 0.1) is 19.1 Å². The van der Waals surface area contributed by atoms with Gasteiger partial charge in [0, 0.05) is 12.3 Å². The maximum atomic E-state index is 13.5. The van der Waals surface area contributed by atoms with Crippen molar-refractivity contribution in [2.45, 2.75) is 37.0 Å². The Morgan fingerprint density at radius 1 is 1.03 bits per heavy atom. The minimum atomic E-state index is -3.90. The van der Waals surface area contributed by atoms with Crippen LogP contribution in [-0.4, -0.2) is 51.3 Å². The number of sulfonamides is 1. The first-order chi connectivity index (χ1) is 14.8. The van der Waals surface area contributed by atoms with Crippen molar-refractivity contribution in [2.24, 2.45) is 5.92 Å². The summed E-state index contributed by atoms with van der Waals surface area (Å²) in [5.74, 6) is 1.48. The number of methoxy groups -OCH3 is 2. The molecule has 2 aromatic carbocycles. The van der Waals surface area contributed by atoms with Crippen LogP contribution in [0.3, 0.4) is 0 Å². The molecule has 2 aromatic rings. The van der Waals surface area contributed by atoms with Crippen LogP contribution in [0, 0.1) is 5.92 Å². The van der Waals surface area contributed by atoms with Gasteiger partial charge in [0.2, 0.25) is 10.0 Å². The molecule has 0 fully saturated rings. The quantitative estimate of drug-likeness (QED) is 0.345. The van der Waals surface area contributed by atoms with Gasteiger partial charge in [-0.1, -0.05) is 44.2 Å². The van der Waals surface area contributed by atoms with E-state index in [9.17, 15) is 13.2 Å². The Morgan fingerprint density at radius 3 is 2.23 bits per heavy atom. The molecular formula is C23H31NO5S2. The highest BCUT2D eigenvalue weighted by molar-refractivity contribution is 7.98. The number of esters is 1. The van der Waals surface area contributed by atoms with E-state index >= 15 is 0 Å². The summed E-state index contributed by atoms with van der Waals surface area (Å²) < 4.78 is 38.3. The number of thioether (sulfide) groups is 1. The smallest absolute Gasteiger partial charge is 0.324 e. The van der Waals surface area contributed by atoms with Crippen molar-refractivity contribution >= 4 is 27.8 Å². The van der Waals surface area contributed by atoms with Gasteiger partial charge >= 0.3 is 5.97 Å². The number of hydrogen-bond donors (Lipinski definition) is 0. The first kappa shape index (κ1) is 25.2. The number of nitrogens with zero attached hydrogens (tertiary/aromatic N) is 1. The van der Waals surface area contributed by atoms with Gasteiger partial charge in [-0.3, -0.25) is 4.79 Å². The third-order valence-electron chi connectivity index (χ3n) is 4.68. The second kappa shape index (κ2) is 12.1. The normalized spacial score (nSPS) is 12.7. The topological polar surface area (TPSA) is 72.9 Å². The van der Waals surface area contributed by atoms with Crippen molar-refractivity contribution in [3.8, 4) is 5.75 Å². The number of benzene rings is 2. The van der Waals surface area contributed by atoms with Crippen molar-refractivity contribution < 1.29 is 22.7 Å². The van der Waals surface area contributed by atoms with E-state index in [0.717, 1.165) is 5.75 Å². The number of carbonyl (C=O) groups is 1. The molecule has 0 aliphatic heterocycles. The molecule has 2 rings (SSSR count). The number of carbonyl (C=O) groups excluding carboxylic acids is 1. The fourth-order valence-corrected chi connectivity index (χ4v) is 5.84. The summed E-state index contributed by atoms with van der Waals surface area (Å²) in [4.78, 5) is 12.7. The monoisotopic (exact) mass is 465 g/mol. The second-order valence-electron chi connectivity index (χ2n) is 7.51. The molecule has 0 saturated heterocycles. The van der Waals surface area contributed by atoms with Crippen LogP contribution in [-0.2, 0) is 25.3 Å². The van der Waals surface area contributed by atoms with E-state index in [2.05, 4.69) is 0 Å². The average Bonchev–Trinajstić information content (AvgIpc) is 2.78. The zero-order chi connectivity index (χ0) is 22.9. The molecule has 0 aliphatic carbocycles. The maximum absolute atomic E-state index is 13.5. The highest BCUT2D eigenvalue weighted by Crippen LogP contribution is 2.25. The predicted octanol–water partition coefficient (Wildman–Crippen LogP) is 4.21. The molecule has 0 aliphatic rings. The molecule has 0 amide bonds. The summed E-state index contributed by atoms with van der Waals surface area (Å²) in [7, 11) is -1.08. The number of hydrogen-bond acceptors (Lipinski definition) is 6. The summed E-state index contributed by atoms with van der Waals surface area (Å²) in [5.41, 5.74) is 1.19. The van der Waals surface area contributed by atoms with E-state index < -0.39 is 22.0 Å². The van der Waals surface area contributed by atoms with E-state index in [0.29, 0.717) is 17.9 Å². The first-order valence-electron chi connectivity index (χ1n) is 10.1. The molecule has 6 nitrogen and oxygen atoms in total. The molecular weight excluding hydrogens is 434 g/mol. The van der Waals surface area contributed by atoms with Crippen LogP contribution in [0.1, 0.15) is 25.8 Å². The molecule has 8 heteroatoms. The van der Waals surface area contributed by atoms with E-state index in [1.165, 1.54) is 36.2 Å². The molecule has 170 valence electrons. The van der Waals surface area contributed by atoms with Gasteiger partial charge in [0.25, 0.3) is 0 Å². The van der Waals surface area contributed by atoms with Crippen LogP contribution in [0.2, 0.25) is 0 Å². The molecule has 0 aromatic heterocycles. The van der Waals surface area contributed by atoms with Crippen LogP contribution in [0.15, 0.2) is 59.5 Å². The maximum Gasteiger partial charge on any atom is 0.324 e. The van der Waals surface area contributed by atoms with Gasteiger partial charge in [-0.2, -0.15) is 16.1 Å². The summed E-state index contributed by atoms with van der Waals surface area (Å²) in [6.45, 7) is 4.07. The fourth-order valence-electron chi connectivity index (χ4n) is 3.11. The zero-order valence-corrected chi connectivity index (χ0v) is 20.1. The minimum absolute atomic E-state index is 0.0390. The van der Waals surface area contributed by atoms with Crippen molar-refractivity contribution in [1.82, 2.24) is 4.31 Å². The summed E-state index contributed by atoms with van der Waals surface area (Å²) >= 11 is 1.66. The Kier molecular flexibility index (Phi) is 9.87. The molecule has 0 heterocycles. The molecule has 0 bridgehead atoms. The lowest BCUT2D eigenvalue weighted by Gasteiger charge is -2.30. The lowest BCUT2D eigenvalue weighted by Crippen LogP contribution is -2.47. The van der Waals surface area contributed by atoms with Crippen molar-refractivity contribution in [3.05, 3.63) is 60.2 Å². The Bertz CT molecular complexity index is 915. The molecule has 1 atom stereocenters. The molecule has 0 radical (unpaired) electrons. The highest BCUT2D eigenvalue weighted by atomic mass is 32.2. The van der Waals surface area contributed by atoms with Crippen molar-refractivity contribution in [2.75, 3.05) is 26.5 Å². The third-order valence-corrected chi connectivity index (χ3v) is 7.63. The third kappa shape index (κ3) is 7.26. The standard InChI is InChI=1S/C23H31NO5S2/c1-18(2)16-24(31(26,27)21-12-10-20(28-3)11-13-21)22(23(25)29-4)14-15-30-17-19-8-6-5-7-9-19/h5-13,18,22H,14-17H2,1-4H3/t22-/m1/s1. The van der Waals surface area contributed by atoms with Crippen LogP contribution < -0.4 is 4.74 Å². The average molecular weight is 466 g/mol. The van der Waals surface area contributed by atoms with Gasteiger partial charge in [0.15, 0.2) is 0 Å². The van der Waals surface area contributed by atoms with Crippen LogP contribution in [0.25, 0.3) is 0 Å². The molecule has 0 spiro atoms. The lowest BCUT2D eigenvalue weighted by atomic mass is 10.1. The molecule has 0 saturated carbocycles. The second-order valence-corrected chi connectivity index (χ2v) is 10.5. The summed E-state index contributed by atoms with van der Waals surface area (Å²) in [5, 5.41) is 0. The largest absolute Gasteiger partial charge is 0.497 e. The molecule has 31 heavy (non-hydrogen) atoms. The molecule has 0 N–H and O–H groups in total. The minimum Gasteiger partial charge on any atom is -0.497 e. The Balaban J connectivity index is 2.22.